The summed E-state index contributed by atoms with van der Waals surface area (Å²) in [7, 11) is 0. The lowest BCUT2D eigenvalue weighted by Crippen LogP contribution is -2.22. The third kappa shape index (κ3) is 2.07. The van der Waals surface area contributed by atoms with Crippen LogP contribution in [-0.2, 0) is 19.4 Å². The first-order chi connectivity index (χ1) is 9.72. The number of nitrogens with one attached hydrogen (secondary N) is 1. The van der Waals surface area contributed by atoms with Crippen LogP contribution in [0.1, 0.15) is 61.5 Å². The fraction of sp³-hybridized carbons (Fsp3) is 0.556. The molecule has 1 aromatic carbocycles. The van der Waals surface area contributed by atoms with Crippen LogP contribution in [0.15, 0.2) is 16.5 Å². The van der Waals surface area contributed by atoms with E-state index < -0.39 is 0 Å². The quantitative estimate of drug-likeness (QED) is 0.895. The number of rotatable bonds is 4. The predicted molar refractivity (Wildman–Crippen MR) is 82.2 cm³/mol. The van der Waals surface area contributed by atoms with Crippen LogP contribution in [0.2, 0.25) is 0 Å². The Morgan fingerprint density at radius 1 is 1.20 bits per heavy atom. The molecule has 4 rings (SSSR count). The normalized spacial score (nSPS) is 18.1. The third-order valence-electron chi connectivity index (χ3n) is 4.67. The monoisotopic (exact) mass is 269 g/mol. The zero-order chi connectivity index (χ0) is 13.7. The molecule has 2 nitrogen and oxygen atoms in total. The lowest BCUT2D eigenvalue weighted by atomic mass is 10.0. The molecule has 1 aromatic heterocycles. The highest BCUT2D eigenvalue weighted by molar-refractivity contribution is 5.85. The van der Waals surface area contributed by atoms with Crippen LogP contribution < -0.4 is 5.32 Å². The summed E-state index contributed by atoms with van der Waals surface area (Å²) >= 11 is 0. The van der Waals surface area contributed by atoms with Gasteiger partial charge in [-0.2, -0.15) is 0 Å². The summed E-state index contributed by atoms with van der Waals surface area (Å²) in [5.74, 6) is 1.93. The van der Waals surface area contributed by atoms with Gasteiger partial charge in [-0.3, -0.25) is 0 Å². The van der Waals surface area contributed by atoms with Gasteiger partial charge in [-0.15, -0.1) is 0 Å². The highest BCUT2D eigenvalue weighted by atomic mass is 16.3. The van der Waals surface area contributed by atoms with Crippen LogP contribution in [-0.4, -0.2) is 6.04 Å². The summed E-state index contributed by atoms with van der Waals surface area (Å²) in [6, 6.07) is 5.23. The molecule has 0 unspecified atom stereocenters. The van der Waals surface area contributed by atoms with E-state index >= 15 is 0 Å². The van der Waals surface area contributed by atoms with Crippen LogP contribution in [0.5, 0.6) is 0 Å². The minimum Gasteiger partial charge on any atom is -0.459 e. The Balaban J connectivity index is 1.80. The molecule has 0 saturated heterocycles. The van der Waals surface area contributed by atoms with Crippen molar-refractivity contribution in [1.29, 1.82) is 0 Å². The van der Waals surface area contributed by atoms with Crippen molar-refractivity contribution in [2.24, 2.45) is 0 Å². The molecule has 0 amide bonds. The molecule has 0 bridgehead atoms. The molecule has 2 aliphatic rings. The van der Waals surface area contributed by atoms with E-state index in [1.54, 1.807) is 5.56 Å². The van der Waals surface area contributed by atoms with Gasteiger partial charge in [0.2, 0.25) is 0 Å². The maximum atomic E-state index is 6.21. The fourth-order valence-electron chi connectivity index (χ4n) is 3.48. The van der Waals surface area contributed by atoms with Crippen LogP contribution >= 0.6 is 0 Å². The van der Waals surface area contributed by atoms with Gasteiger partial charge < -0.3 is 9.73 Å². The van der Waals surface area contributed by atoms with E-state index in [0.29, 0.717) is 6.04 Å². The second-order valence-electron chi connectivity index (χ2n) is 6.72. The van der Waals surface area contributed by atoms with Crippen molar-refractivity contribution in [3.63, 3.8) is 0 Å². The van der Waals surface area contributed by atoms with Gasteiger partial charge in [-0.25, -0.2) is 0 Å². The van der Waals surface area contributed by atoms with Gasteiger partial charge in [-0.05, 0) is 61.3 Å². The maximum absolute atomic E-state index is 6.21. The minimum absolute atomic E-state index is 0.500. The summed E-state index contributed by atoms with van der Waals surface area (Å²) in [6.45, 7) is 5.24. The van der Waals surface area contributed by atoms with E-state index in [9.17, 15) is 0 Å². The Morgan fingerprint density at radius 2 is 1.95 bits per heavy atom. The lowest BCUT2D eigenvalue weighted by Gasteiger charge is -2.07. The van der Waals surface area contributed by atoms with Crippen molar-refractivity contribution >= 4 is 11.0 Å². The zero-order valence-electron chi connectivity index (χ0n) is 12.5. The first-order valence-corrected chi connectivity index (χ1v) is 8.03. The van der Waals surface area contributed by atoms with Crippen molar-refractivity contribution in [3.8, 4) is 0 Å². The highest BCUT2D eigenvalue weighted by Gasteiger charge is 2.31. The molecule has 1 heterocycles. The summed E-state index contributed by atoms with van der Waals surface area (Å²) in [5.41, 5.74) is 5.69. The molecule has 2 aromatic rings. The smallest absolute Gasteiger partial charge is 0.134 e. The second kappa shape index (κ2) is 4.63. The lowest BCUT2D eigenvalue weighted by molar-refractivity contribution is 0.483. The van der Waals surface area contributed by atoms with Crippen molar-refractivity contribution in [1.82, 2.24) is 5.32 Å². The third-order valence-corrected chi connectivity index (χ3v) is 4.67. The van der Waals surface area contributed by atoms with Crippen LogP contribution in [0.4, 0.5) is 0 Å². The number of hydrogen-bond donors (Lipinski definition) is 1. The van der Waals surface area contributed by atoms with Gasteiger partial charge in [0.1, 0.15) is 11.3 Å². The predicted octanol–water partition coefficient (Wildman–Crippen LogP) is 4.30. The van der Waals surface area contributed by atoms with Crippen molar-refractivity contribution in [3.05, 3.63) is 34.6 Å². The largest absolute Gasteiger partial charge is 0.459 e. The molecular weight excluding hydrogens is 246 g/mol. The van der Waals surface area contributed by atoms with Crippen molar-refractivity contribution in [2.45, 2.75) is 64.5 Å². The molecular formula is C18H23NO. The highest BCUT2D eigenvalue weighted by Crippen LogP contribution is 2.47. The van der Waals surface area contributed by atoms with E-state index in [1.165, 1.54) is 54.4 Å². The standard InChI is InChI=1S/C18H23NO/c1-11(2)19-10-17-18(12-6-7-12)15-8-13-4-3-5-14(13)9-16(15)20-17/h8-9,11-12,19H,3-7,10H2,1-2H3. The molecule has 20 heavy (non-hydrogen) atoms. The van der Waals surface area contributed by atoms with E-state index in [-0.39, 0.29) is 0 Å². The summed E-state index contributed by atoms with van der Waals surface area (Å²) in [4.78, 5) is 0. The SMILES string of the molecule is CC(C)NCc1oc2cc3c(cc2c1C1CC1)CCC3. The van der Waals surface area contributed by atoms with E-state index in [2.05, 4.69) is 31.3 Å². The summed E-state index contributed by atoms with van der Waals surface area (Å²) in [5, 5.41) is 4.91. The zero-order valence-corrected chi connectivity index (χ0v) is 12.5. The number of hydrogen-bond acceptors (Lipinski definition) is 2. The van der Waals surface area contributed by atoms with Crippen molar-refractivity contribution < 1.29 is 4.42 Å². The Hall–Kier alpha value is -1.28. The number of fused-ring (bicyclic) bond motifs is 2. The van der Waals surface area contributed by atoms with Gasteiger partial charge in [0.15, 0.2) is 0 Å². The minimum atomic E-state index is 0.500. The van der Waals surface area contributed by atoms with E-state index in [1.807, 2.05) is 0 Å². The maximum Gasteiger partial charge on any atom is 0.134 e. The Kier molecular flexibility index (Phi) is 2.88. The number of benzene rings is 1. The average Bonchev–Trinajstić information content (AvgIpc) is 3.04. The summed E-state index contributed by atoms with van der Waals surface area (Å²) < 4.78 is 6.21. The number of aryl methyl sites for hydroxylation is 2. The summed E-state index contributed by atoms with van der Waals surface area (Å²) in [6.07, 6.45) is 6.45. The van der Waals surface area contributed by atoms with Gasteiger partial charge in [0.25, 0.3) is 0 Å². The van der Waals surface area contributed by atoms with Crippen LogP contribution in [0, 0.1) is 0 Å². The second-order valence-corrected chi connectivity index (χ2v) is 6.72. The van der Waals surface area contributed by atoms with E-state index in [0.717, 1.165) is 18.0 Å². The molecule has 1 fully saturated rings. The van der Waals surface area contributed by atoms with Gasteiger partial charge in [0, 0.05) is 17.0 Å². The van der Waals surface area contributed by atoms with Crippen LogP contribution in [0.3, 0.4) is 0 Å². The van der Waals surface area contributed by atoms with Crippen LogP contribution in [0.25, 0.3) is 11.0 Å². The van der Waals surface area contributed by atoms with E-state index in [4.69, 9.17) is 4.42 Å². The molecule has 1 N–H and O–H groups in total. The molecule has 106 valence electrons. The molecule has 0 aliphatic heterocycles. The Morgan fingerprint density at radius 3 is 2.65 bits per heavy atom. The molecule has 1 saturated carbocycles. The topological polar surface area (TPSA) is 25.2 Å². The van der Waals surface area contributed by atoms with Gasteiger partial charge in [0.05, 0.1) is 6.54 Å². The number of furan rings is 1. The molecule has 2 heteroatoms. The molecule has 0 atom stereocenters. The Labute approximate surface area is 120 Å². The molecule has 0 spiro atoms. The molecule has 0 radical (unpaired) electrons. The average molecular weight is 269 g/mol. The first kappa shape index (κ1) is 12.5. The van der Waals surface area contributed by atoms with Gasteiger partial charge in [-0.1, -0.05) is 13.8 Å². The first-order valence-electron chi connectivity index (χ1n) is 8.03. The molecule has 2 aliphatic carbocycles. The Bertz CT molecular complexity index is 649. The fourth-order valence-corrected chi connectivity index (χ4v) is 3.48. The van der Waals surface area contributed by atoms with Crippen molar-refractivity contribution in [2.75, 3.05) is 0 Å². The van der Waals surface area contributed by atoms with Gasteiger partial charge >= 0.3 is 0 Å².